The van der Waals surface area contributed by atoms with Crippen LogP contribution in [0.4, 0.5) is 0 Å². The van der Waals surface area contributed by atoms with Crippen LogP contribution < -0.4 is 5.32 Å². The SMILES string of the molecule is CC1(C)[C@H]2C[C@@H]1[C@H](CCCCCCC(=O)O)[C@H](NC(=O)c1csc3ccc(O)cc13)C2. The molecule has 0 radical (unpaired) electrons. The van der Waals surface area contributed by atoms with Gasteiger partial charge in [-0.1, -0.05) is 33.1 Å². The summed E-state index contributed by atoms with van der Waals surface area (Å²) in [4.78, 5) is 23.9. The molecule has 1 amide bonds. The van der Waals surface area contributed by atoms with Gasteiger partial charge in [-0.2, -0.15) is 0 Å². The lowest BCUT2D eigenvalue weighted by atomic mass is 9.44. The minimum absolute atomic E-state index is 0.0348. The van der Waals surface area contributed by atoms with E-state index in [1.165, 1.54) is 17.8 Å². The van der Waals surface area contributed by atoms with Crippen molar-refractivity contribution in [2.24, 2.45) is 23.2 Å². The second-order valence-electron chi connectivity index (χ2n) is 10.0. The summed E-state index contributed by atoms with van der Waals surface area (Å²) < 4.78 is 1.01. The van der Waals surface area contributed by atoms with Gasteiger partial charge in [0.1, 0.15) is 5.75 Å². The first kappa shape index (κ1) is 22.1. The number of carbonyl (C=O) groups excluding carboxylic acids is 1. The fraction of sp³-hybridized carbons (Fsp3) is 0.600. The summed E-state index contributed by atoms with van der Waals surface area (Å²) in [6.07, 6.45) is 7.48. The number of unbranched alkanes of at least 4 members (excludes halogenated alkanes) is 3. The molecule has 31 heavy (non-hydrogen) atoms. The normalized spacial score (nSPS) is 26.4. The molecule has 1 aromatic carbocycles. The van der Waals surface area contributed by atoms with Crippen molar-refractivity contribution in [3.8, 4) is 5.75 Å². The molecule has 3 saturated carbocycles. The molecule has 1 heterocycles. The number of aliphatic carboxylic acids is 1. The van der Waals surface area contributed by atoms with Crippen LogP contribution in [-0.2, 0) is 4.79 Å². The van der Waals surface area contributed by atoms with Crippen LogP contribution in [0.3, 0.4) is 0 Å². The van der Waals surface area contributed by atoms with Crippen molar-refractivity contribution in [1.29, 1.82) is 0 Å². The van der Waals surface area contributed by atoms with E-state index in [0.29, 0.717) is 28.7 Å². The fourth-order valence-electron chi connectivity index (χ4n) is 5.96. The van der Waals surface area contributed by atoms with E-state index in [0.717, 1.165) is 48.6 Å². The Hall–Kier alpha value is -2.08. The molecule has 168 valence electrons. The van der Waals surface area contributed by atoms with Crippen molar-refractivity contribution in [2.45, 2.75) is 71.3 Å². The smallest absolute Gasteiger partial charge is 0.303 e. The quantitative estimate of drug-likeness (QED) is 0.427. The molecular formula is C25H33NO4S. The van der Waals surface area contributed by atoms with E-state index in [9.17, 15) is 14.7 Å². The molecule has 2 bridgehead atoms. The zero-order chi connectivity index (χ0) is 22.2. The number of phenolic OH excluding ortho intramolecular Hbond substituents is 1. The summed E-state index contributed by atoms with van der Waals surface area (Å²) in [5.74, 6) is 1.21. The number of benzene rings is 1. The van der Waals surface area contributed by atoms with Crippen molar-refractivity contribution < 1.29 is 19.8 Å². The predicted octanol–water partition coefficient (Wildman–Crippen LogP) is 5.81. The molecular weight excluding hydrogens is 410 g/mol. The predicted molar refractivity (Wildman–Crippen MR) is 124 cm³/mol. The summed E-state index contributed by atoms with van der Waals surface area (Å²) in [5, 5.41) is 24.7. The maximum absolute atomic E-state index is 13.2. The van der Waals surface area contributed by atoms with Crippen LogP contribution >= 0.6 is 11.3 Å². The van der Waals surface area contributed by atoms with E-state index in [4.69, 9.17) is 5.11 Å². The summed E-state index contributed by atoms with van der Waals surface area (Å²) in [7, 11) is 0. The second-order valence-corrected chi connectivity index (χ2v) is 10.9. The molecule has 0 aliphatic heterocycles. The van der Waals surface area contributed by atoms with E-state index in [1.807, 2.05) is 11.4 Å². The van der Waals surface area contributed by atoms with Gasteiger partial charge in [0.25, 0.3) is 5.91 Å². The number of carbonyl (C=O) groups is 2. The third-order valence-electron chi connectivity index (χ3n) is 7.91. The van der Waals surface area contributed by atoms with Gasteiger partial charge in [0.15, 0.2) is 0 Å². The molecule has 6 heteroatoms. The Labute approximate surface area is 187 Å². The van der Waals surface area contributed by atoms with Crippen molar-refractivity contribution in [2.75, 3.05) is 0 Å². The minimum Gasteiger partial charge on any atom is -0.508 e. The van der Waals surface area contributed by atoms with Crippen LogP contribution in [0, 0.1) is 23.2 Å². The van der Waals surface area contributed by atoms with E-state index in [-0.39, 0.29) is 24.1 Å². The highest BCUT2D eigenvalue weighted by Crippen LogP contribution is 2.62. The average Bonchev–Trinajstić information content (AvgIpc) is 3.13. The minimum atomic E-state index is -0.716. The number of amides is 1. The molecule has 4 atom stereocenters. The monoisotopic (exact) mass is 443 g/mol. The van der Waals surface area contributed by atoms with Gasteiger partial charge in [0, 0.05) is 27.9 Å². The zero-order valence-corrected chi connectivity index (χ0v) is 19.2. The number of aromatic hydroxyl groups is 1. The lowest BCUT2D eigenvalue weighted by molar-refractivity contribution is -0.137. The maximum Gasteiger partial charge on any atom is 0.303 e. The lowest BCUT2D eigenvalue weighted by Crippen LogP contribution is -2.61. The number of fused-ring (bicyclic) bond motifs is 3. The highest BCUT2D eigenvalue weighted by atomic mass is 32.1. The molecule has 5 nitrogen and oxygen atoms in total. The van der Waals surface area contributed by atoms with Crippen molar-refractivity contribution in [3.63, 3.8) is 0 Å². The van der Waals surface area contributed by atoms with Gasteiger partial charge in [-0.15, -0.1) is 11.3 Å². The Morgan fingerprint density at radius 2 is 1.94 bits per heavy atom. The van der Waals surface area contributed by atoms with Gasteiger partial charge in [0.2, 0.25) is 0 Å². The second kappa shape index (κ2) is 8.81. The van der Waals surface area contributed by atoms with Crippen LogP contribution in [-0.4, -0.2) is 28.1 Å². The third-order valence-corrected chi connectivity index (χ3v) is 8.88. The van der Waals surface area contributed by atoms with Crippen LogP contribution in [0.25, 0.3) is 10.1 Å². The molecule has 0 saturated heterocycles. The van der Waals surface area contributed by atoms with Crippen LogP contribution in [0.2, 0.25) is 0 Å². The first-order valence-electron chi connectivity index (χ1n) is 11.5. The Bertz CT molecular complexity index is 966. The number of carboxylic acid groups (broad SMARTS) is 1. The molecule has 1 aromatic heterocycles. The lowest BCUT2D eigenvalue weighted by Gasteiger charge is -2.62. The number of carboxylic acids is 1. The largest absolute Gasteiger partial charge is 0.508 e. The Morgan fingerprint density at radius 3 is 2.68 bits per heavy atom. The van der Waals surface area contributed by atoms with Gasteiger partial charge >= 0.3 is 5.97 Å². The Morgan fingerprint density at radius 1 is 1.16 bits per heavy atom. The molecule has 3 N–H and O–H groups in total. The molecule has 3 aliphatic rings. The Balaban J connectivity index is 1.41. The molecule has 5 rings (SSSR count). The van der Waals surface area contributed by atoms with Gasteiger partial charge < -0.3 is 15.5 Å². The first-order valence-corrected chi connectivity index (χ1v) is 12.4. The topological polar surface area (TPSA) is 86.6 Å². The van der Waals surface area contributed by atoms with Crippen molar-refractivity contribution in [3.05, 3.63) is 29.1 Å². The number of phenols is 1. The number of nitrogens with one attached hydrogen (secondary N) is 1. The van der Waals surface area contributed by atoms with E-state index in [2.05, 4.69) is 19.2 Å². The zero-order valence-electron chi connectivity index (χ0n) is 18.4. The number of hydrogen-bond donors (Lipinski definition) is 3. The van der Waals surface area contributed by atoms with Crippen molar-refractivity contribution >= 4 is 33.3 Å². The average molecular weight is 444 g/mol. The number of thiophene rings is 1. The molecule has 2 aromatic rings. The van der Waals surface area contributed by atoms with Crippen LogP contribution in [0.1, 0.15) is 75.6 Å². The standard InChI is InChI=1S/C25H33NO4S/c1-25(2)15-11-20(25)17(7-5-3-4-6-8-23(28)29)21(12-15)26-24(30)19-14-31-22-10-9-16(27)13-18(19)22/h9-10,13-15,17,20-21,27H,3-8,11-12H2,1-2H3,(H,26,30)(H,28,29)/t15-,17-,20+,21+/m0/s1. The summed E-state index contributed by atoms with van der Waals surface area (Å²) in [6.45, 7) is 4.75. The van der Waals surface area contributed by atoms with Crippen LogP contribution in [0.15, 0.2) is 23.6 Å². The maximum atomic E-state index is 13.2. The summed E-state index contributed by atoms with van der Waals surface area (Å²) in [6, 6.07) is 5.38. The van der Waals surface area contributed by atoms with Gasteiger partial charge in [-0.3, -0.25) is 9.59 Å². The molecule has 0 unspecified atom stereocenters. The van der Waals surface area contributed by atoms with Crippen molar-refractivity contribution in [1.82, 2.24) is 5.32 Å². The molecule has 3 aliphatic carbocycles. The Kier molecular flexibility index (Phi) is 6.29. The summed E-state index contributed by atoms with van der Waals surface area (Å²) in [5.41, 5.74) is 0.998. The van der Waals surface area contributed by atoms with Crippen LogP contribution in [0.5, 0.6) is 5.75 Å². The fourth-order valence-corrected chi connectivity index (χ4v) is 6.88. The molecule has 3 fully saturated rings. The number of rotatable bonds is 9. The number of hydrogen-bond acceptors (Lipinski definition) is 4. The van der Waals surface area contributed by atoms with Gasteiger partial charge in [0.05, 0.1) is 5.56 Å². The third kappa shape index (κ3) is 4.45. The van der Waals surface area contributed by atoms with E-state index >= 15 is 0 Å². The van der Waals surface area contributed by atoms with Gasteiger partial charge in [-0.25, -0.2) is 0 Å². The molecule has 0 spiro atoms. The van der Waals surface area contributed by atoms with E-state index < -0.39 is 5.97 Å². The first-order chi connectivity index (χ1) is 14.8. The van der Waals surface area contributed by atoms with Gasteiger partial charge in [-0.05, 0) is 67.1 Å². The highest BCUT2D eigenvalue weighted by Gasteiger charge is 2.57. The van der Waals surface area contributed by atoms with E-state index in [1.54, 1.807) is 12.1 Å². The summed E-state index contributed by atoms with van der Waals surface area (Å²) >= 11 is 1.53. The highest BCUT2D eigenvalue weighted by molar-refractivity contribution is 7.17.